The van der Waals surface area contributed by atoms with Gasteiger partial charge in [-0.05, 0) is 49.2 Å². The molecule has 2 aromatic heterocycles. The lowest BCUT2D eigenvalue weighted by atomic mass is 10.1. The fourth-order valence-corrected chi connectivity index (χ4v) is 4.08. The fraction of sp³-hybridized carbons (Fsp3) is 0.364. The van der Waals surface area contributed by atoms with Crippen molar-refractivity contribution in [3.8, 4) is 0 Å². The number of carbonyl (C=O) groups excluding carboxylic acids is 1. The lowest BCUT2D eigenvalue weighted by Gasteiger charge is -2.34. The number of hydrogen-bond acceptors (Lipinski definition) is 3. The van der Waals surface area contributed by atoms with Crippen LogP contribution in [-0.2, 0) is 13.0 Å². The molecule has 1 aromatic carbocycles. The molecule has 0 bridgehead atoms. The first-order valence-corrected chi connectivity index (χ1v) is 10.2. The summed E-state index contributed by atoms with van der Waals surface area (Å²) in [4.78, 5) is 21.6. The van der Waals surface area contributed by atoms with Gasteiger partial charge in [-0.2, -0.15) is 0 Å². The van der Waals surface area contributed by atoms with Gasteiger partial charge in [-0.1, -0.05) is 17.7 Å². The second-order valence-electron chi connectivity index (χ2n) is 7.21. The van der Waals surface area contributed by atoms with Crippen molar-refractivity contribution in [1.82, 2.24) is 19.4 Å². The molecule has 3 heterocycles. The highest BCUT2D eigenvalue weighted by Gasteiger charge is 2.22. The topological polar surface area (TPSA) is 41.4 Å². The Morgan fingerprint density at radius 3 is 2.71 bits per heavy atom. The summed E-state index contributed by atoms with van der Waals surface area (Å²) in [6.07, 6.45) is 5.09. The van der Waals surface area contributed by atoms with E-state index in [1.54, 1.807) is 12.1 Å². The predicted molar refractivity (Wildman–Crippen MR) is 113 cm³/mol. The molecule has 5 nitrogen and oxygen atoms in total. The van der Waals surface area contributed by atoms with Gasteiger partial charge in [-0.25, -0.2) is 4.98 Å². The maximum absolute atomic E-state index is 12.7. The minimum atomic E-state index is 0.0687. The quantitative estimate of drug-likeness (QED) is 0.660. The van der Waals surface area contributed by atoms with E-state index in [2.05, 4.69) is 33.6 Å². The highest BCUT2D eigenvalue weighted by atomic mass is 35.5. The Morgan fingerprint density at radius 1 is 1.14 bits per heavy atom. The summed E-state index contributed by atoms with van der Waals surface area (Å²) in [5.74, 6) is 0.0687. The summed E-state index contributed by atoms with van der Waals surface area (Å²) in [5, 5.41) is 1.85. The van der Waals surface area contributed by atoms with Crippen molar-refractivity contribution in [3.63, 3.8) is 0 Å². The molecule has 6 heteroatoms. The van der Waals surface area contributed by atoms with E-state index in [-0.39, 0.29) is 5.91 Å². The Morgan fingerprint density at radius 2 is 1.96 bits per heavy atom. The highest BCUT2D eigenvalue weighted by molar-refractivity contribution is 6.30. The van der Waals surface area contributed by atoms with Crippen LogP contribution in [0, 0.1) is 0 Å². The van der Waals surface area contributed by atoms with Crippen LogP contribution < -0.4 is 0 Å². The summed E-state index contributed by atoms with van der Waals surface area (Å²) in [6.45, 7) is 7.38. The van der Waals surface area contributed by atoms with E-state index in [1.807, 2.05) is 29.3 Å². The number of carbonyl (C=O) groups is 1. The summed E-state index contributed by atoms with van der Waals surface area (Å²) >= 11 is 6.02. The number of aromatic nitrogens is 2. The van der Waals surface area contributed by atoms with E-state index >= 15 is 0 Å². The van der Waals surface area contributed by atoms with E-state index in [4.69, 9.17) is 11.6 Å². The third kappa shape index (κ3) is 3.91. The van der Waals surface area contributed by atoms with E-state index in [9.17, 15) is 4.79 Å². The van der Waals surface area contributed by atoms with Crippen molar-refractivity contribution in [3.05, 3.63) is 64.9 Å². The molecule has 4 rings (SSSR count). The summed E-state index contributed by atoms with van der Waals surface area (Å²) in [6, 6.07) is 11.4. The molecule has 0 atom stereocenters. The lowest BCUT2D eigenvalue weighted by Crippen LogP contribution is -2.49. The van der Waals surface area contributed by atoms with Gasteiger partial charge in [0.15, 0.2) is 0 Å². The van der Waals surface area contributed by atoms with Gasteiger partial charge < -0.3 is 9.47 Å². The SMILES string of the molecule is CCn1cc(CCN2CCN(C(=O)c3cccc(Cl)c3)CC2)c2cccnc21. The molecule has 0 spiro atoms. The molecule has 1 amide bonds. The zero-order chi connectivity index (χ0) is 19.5. The van der Waals surface area contributed by atoms with E-state index in [0.29, 0.717) is 10.6 Å². The molecule has 0 aliphatic carbocycles. The third-order valence-corrected chi connectivity index (χ3v) is 5.72. The molecule has 1 fully saturated rings. The fourth-order valence-electron chi connectivity index (χ4n) is 3.89. The Labute approximate surface area is 170 Å². The van der Waals surface area contributed by atoms with Crippen molar-refractivity contribution in [2.75, 3.05) is 32.7 Å². The molecule has 1 aliphatic heterocycles. The second-order valence-corrected chi connectivity index (χ2v) is 7.65. The maximum atomic E-state index is 12.7. The number of nitrogens with zero attached hydrogens (tertiary/aromatic N) is 4. The number of fused-ring (bicyclic) bond motifs is 1. The van der Waals surface area contributed by atoms with Crippen LogP contribution in [-0.4, -0.2) is 58.0 Å². The molecule has 0 unspecified atom stereocenters. The summed E-state index contributed by atoms with van der Waals surface area (Å²) in [5.41, 5.74) is 3.08. The minimum absolute atomic E-state index is 0.0687. The lowest BCUT2D eigenvalue weighted by molar-refractivity contribution is 0.0638. The number of amides is 1. The molecule has 0 saturated carbocycles. The third-order valence-electron chi connectivity index (χ3n) is 5.49. The van der Waals surface area contributed by atoms with Crippen LogP contribution >= 0.6 is 11.6 Å². The predicted octanol–water partition coefficient (Wildman–Crippen LogP) is 3.71. The minimum Gasteiger partial charge on any atom is -0.336 e. The number of rotatable bonds is 5. The molecule has 0 radical (unpaired) electrons. The van der Waals surface area contributed by atoms with Crippen LogP contribution in [0.4, 0.5) is 0 Å². The van der Waals surface area contributed by atoms with Crippen LogP contribution in [0.2, 0.25) is 5.02 Å². The molecule has 1 aliphatic rings. The van der Waals surface area contributed by atoms with Crippen molar-refractivity contribution >= 4 is 28.5 Å². The van der Waals surface area contributed by atoms with Crippen LogP contribution in [0.5, 0.6) is 0 Å². The first kappa shape index (κ1) is 19.0. The smallest absolute Gasteiger partial charge is 0.253 e. The number of aryl methyl sites for hydroxylation is 1. The molecular formula is C22H25ClN4O. The maximum Gasteiger partial charge on any atom is 0.253 e. The molecule has 28 heavy (non-hydrogen) atoms. The van der Waals surface area contributed by atoms with Crippen molar-refractivity contribution in [2.45, 2.75) is 19.9 Å². The van der Waals surface area contributed by atoms with Crippen molar-refractivity contribution < 1.29 is 4.79 Å². The Hall–Kier alpha value is -2.37. The normalized spacial score (nSPS) is 15.3. The molecule has 1 saturated heterocycles. The zero-order valence-corrected chi connectivity index (χ0v) is 16.9. The first-order chi connectivity index (χ1) is 13.7. The average Bonchev–Trinajstić information content (AvgIpc) is 3.10. The molecule has 0 N–H and O–H groups in total. The van der Waals surface area contributed by atoms with Gasteiger partial charge in [0.25, 0.3) is 5.91 Å². The van der Waals surface area contributed by atoms with Crippen LogP contribution in [0.25, 0.3) is 11.0 Å². The van der Waals surface area contributed by atoms with Gasteiger partial charge in [0, 0.05) is 67.6 Å². The average molecular weight is 397 g/mol. The molecular weight excluding hydrogens is 372 g/mol. The Bertz CT molecular complexity index is 976. The standard InChI is InChI=1S/C22H25ClN4O/c1-2-26-16-18(20-7-4-9-24-21(20)26)8-10-25-11-13-27(14-12-25)22(28)17-5-3-6-19(23)15-17/h3-7,9,15-16H,2,8,10-14H2,1H3. The van der Waals surface area contributed by atoms with Gasteiger partial charge in [0.05, 0.1) is 0 Å². The number of halogens is 1. The van der Waals surface area contributed by atoms with Crippen LogP contribution in [0.1, 0.15) is 22.8 Å². The number of pyridine rings is 1. The van der Waals surface area contributed by atoms with Crippen LogP contribution in [0.15, 0.2) is 48.8 Å². The van der Waals surface area contributed by atoms with Gasteiger partial charge >= 0.3 is 0 Å². The summed E-state index contributed by atoms with van der Waals surface area (Å²) < 4.78 is 2.21. The van der Waals surface area contributed by atoms with Gasteiger partial charge in [-0.15, -0.1) is 0 Å². The van der Waals surface area contributed by atoms with Crippen LogP contribution in [0.3, 0.4) is 0 Å². The van der Waals surface area contributed by atoms with Gasteiger partial charge in [0.1, 0.15) is 5.65 Å². The Balaban J connectivity index is 1.35. The van der Waals surface area contributed by atoms with E-state index < -0.39 is 0 Å². The van der Waals surface area contributed by atoms with E-state index in [1.165, 1.54) is 10.9 Å². The Kier molecular flexibility index (Phi) is 5.64. The molecule has 146 valence electrons. The largest absolute Gasteiger partial charge is 0.336 e. The highest BCUT2D eigenvalue weighted by Crippen LogP contribution is 2.20. The second kappa shape index (κ2) is 8.33. The first-order valence-electron chi connectivity index (χ1n) is 9.85. The zero-order valence-electron chi connectivity index (χ0n) is 16.1. The number of piperazine rings is 1. The number of benzene rings is 1. The summed E-state index contributed by atoms with van der Waals surface area (Å²) in [7, 11) is 0. The monoisotopic (exact) mass is 396 g/mol. The van der Waals surface area contributed by atoms with Gasteiger partial charge in [0.2, 0.25) is 0 Å². The van der Waals surface area contributed by atoms with E-state index in [0.717, 1.165) is 51.3 Å². The molecule has 3 aromatic rings. The van der Waals surface area contributed by atoms with Crippen molar-refractivity contribution in [2.24, 2.45) is 0 Å². The van der Waals surface area contributed by atoms with Crippen molar-refractivity contribution in [1.29, 1.82) is 0 Å². The van der Waals surface area contributed by atoms with Gasteiger partial charge in [-0.3, -0.25) is 9.69 Å². The number of hydrogen-bond donors (Lipinski definition) is 0.